The van der Waals surface area contributed by atoms with Gasteiger partial charge >= 0.3 is 0 Å². The highest BCUT2D eigenvalue weighted by Crippen LogP contribution is 2.40. The Bertz CT molecular complexity index is 2010. The number of H-pyrrole nitrogens is 2. The number of rotatable bonds is 15. The first-order valence-corrected chi connectivity index (χ1v) is 20.2. The molecule has 4 amide bonds. The Kier molecular flexibility index (Phi) is 13.2. The topological polar surface area (TPSA) is 195 Å². The lowest BCUT2D eigenvalue weighted by molar-refractivity contribution is -0.138. The van der Waals surface area contributed by atoms with Crippen LogP contribution in [0.3, 0.4) is 0 Å². The van der Waals surface area contributed by atoms with Crippen molar-refractivity contribution in [3.05, 3.63) is 59.2 Å². The molecule has 8 atom stereocenters. The van der Waals surface area contributed by atoms with Gasteiger partial charge in [-0.15, -0.1) is 0 Å². The van der Waals surface area contributed by atoms with Crippen LogP contribution >= 0.6 is 0 Å². The molecule has 4 aromatic rings. The largest absolute Gasteiger partial charge is 0.391 e. The molecule has 0 aliphatic carbocycles. The van der Waals surface area contributed by atoms with Crippen molar-refractivity contribution >= 4 is 45.4 Å². The number of likely N-dealkylation sites (tertiary alicyclic amines) is 2. The number of aliphatic hydroxyl groups excluding tert-OH is 2. The Balaban J connectivity index is 1.40. The zero-order chi connectivity index (χ0) is 42.0. The Hall–Kier alpha value is -4.90. The molecule has 2 aromatic heterocycles. The third kappa shape index (κ3) is 8.75. The number of aliphatic hydroxyl groups is 2. The number of fused-ring (bicyclic) bond motifs is 2. The van der Waals surface area contributed by atoms with Crippen molar-refractivity contribution in [2.75, 3.05) is 27.2 Å². The number of carbonyl (C=O) groups is 4. The first kappa shape index (κ1) is 42.7. The van der Waals surface area contributed by atoms with Gasteiger partial charge in [-0.05, 0) is 114 Å². The minimum absolute atomic E-state index is 0.0711. The molecule has 0 bridgehead atoms. The van der Waals surface area contributed by atoms with Crippen molar-refractivity contribution in [1.82, 2.24) is 41.0 Å². The molecule has 2 aromatic carbocycles. The van der Waals surface area contributed by atoms with Gasteiger partial charge in [0.25, 0.3) is 0 Å². The summed E-state index contributed by atoms with van der Waals surface area (Å²) in [6, 6.07) is 5.13. The second kappa shape index (κ2) is 17.9. The van der Waals surface area contributed by atoms with Crippen molar-refractivity contribution in [2.24, 2.45) is 0 Å². The Morgan fingerprint density at radius 2 is 1.09 bits per heavy atom. The van der Waals surface area contributed by atoms with Crippen LogP contribution in [0.2, 0.25) is 0 Å². The van der Waals surface area contributed by atoms with Gasteiger partial charge < -0.3 is 51.2 Å². The number of aromatic nitrogens is 2. The molecule has 2 fully saturated rings. The molecule has 2 unspecified atom stereocenters. The fourth-order valence-electron chi connectivity index (χ4n) is 8.42. The molecule has 14 nitrogen and oxygen atoms in total. The summed E-state index contributed by atoms with van der Waals surface area (Å²) in [5.41, 5.74) is 3.58. The predicted octanol–water partition coefficient (Wildman–Crippen LogP) is 2.61. The summed E-state index contributed by atoms with van der Waals surface area (Å²) in [6.45, 7) is 7.15. The summed E-state index contributed by atoms with van der Waals surface area (Å²) in [6.07, 6.45) is 0.0738. The van der Waals surface area contributed by atoms with Crippen LogP contribution in [-0.2, 0) is 32.0 Å². The molecule has 2 aliphatic heterocycles. The maximum Gasteiger partial charge on any atom is 0.245 e. The van der Waals surface area contributed by atoms with Gasteiger partial charge in [-0.3, -0.25) is 19.2 Å². The molecule has 314 valence electrons. The van der Waals surface area contributed by atoms with Gasteiger partial charge in [0.05, 0.1) is 35.7 Å². The summed E-state index contributed by atoms with van der Waals surface area (Å²) in [4.78, 5) is 63.7. The van der Waals surface area contributed by atoms with Crippen LogP contribution in [0.1, 0.15) is 64.5 Å². The summed E-state index contributed by atoms with van der Waals surface area (Å²) in [5.74, 6) is -2.21. The first-order chi connectivity index (χ1) is 27.7. The molecule has 4 heterocycles. The second-order valence-corrected chi connectivity index (χ2v) is 15.8. The molecule has 6 rings (SSSR count). The van der Waals surface area contributed by atoms with E-state index < -0.39 is 60.1 Å². The number of β-amino-alcohol motifs (C(OH)–C–C–N with tert-alkyl or cyclic N) is 2. The molecule has 0 saturated carbocycles. The minimum Gasteiger partial charge on any atom is -0.391 e. The summed E-state index contributed by atoms with van der Waals surface area (Å²) >= 11 is 0. The average Bonchev–Trinajstić information content (AvgIpc) is 3.96. The molecule has 8 N–H and O–H groups in total. The van der Waals surface area contributed by atoms with Gasteiger partial charge in [-0.1, -0.05) is 13.8 Å². The highest BCUT2D eigenvalue weighted by atomic mass is 19.1. The van der Waals surface area contributed by atoms with Gasteiger partial charge in [-0.25, -0.2) is 8.78 Å². The van der Waals surface area contributed by atoms with E-state index in [0.717, 1.165) is 11.1 Å². The molecule has 16 heteroatoms. The SMILES string of the molecule is CC[C@H](NC(=O)C(C)NC)C(=O)N1C[C@@H](O)C[C@H]1Cc1c(-c2[nH]c3cc(F)ccc3c2C[C@@H]2C[C@H](O)CN2C(=O)[C@H](CC)NC(=O)C(C)NC)[nH]c2cc(F)ccc12. The summed E-state index contributed by atoms with van der Waals surface area (Å²) < 4.78 is 29.6. The van der Waals surface area contributed by atoms with Crippen LogP contribution in [0.5, 0.6) is 0 Å². The van der Waals surface area contributed by atoms with Gasteiger partial charge in [0, 0.05) is 47.0 Å². The zero-order valence-corrected chi connectivity index (χ0v) is 33.9. The van der Waals surface area contributed by atoms with E-state index in [1.165, 1.54) is 24.3 Å². The normalized spacial score (nSPS) is 21.7. The van der Waals surface area contributed by atoms with Crippen LogP contribution < -0.4 is 21.3 Å². The standard InChI is InChI=1S/C42H56F2N8O6/c1-7-33(49-39(55)21(3)45-5)41(57)51-19-27(53)15-25(51)17-31-29-11-9-23(43)13-35(29)47-37(31)38-32(30-12-10-24(44)14-36(30)48-38)18-26-16-28(54)20-52(26)42(58)34(8-2)50-40(56)22(4)46-6/h9-14,21-22,25-28,33-34,45-48,53-54H,7-8,15-20H2,1-6H3,(H,49,55)(H,50,56)/t21?,22?,25-,26-,27-,28-,33-,34-/m0/s1. The Morgan fingerprint density at radius 1 is 0.707 bits per heavy atom. The van der Waals surface area contributed by atoms with E-state index in [0.29, 0.717) is 46.0 Å². The number of nitrogens with one attached hydrogen (secondary N) is 6. The highest BCUT2D eigenvalue weighted by molar-refractivity contribution is 5.97. The van der Waals surface area contributed by atoms with E-state index in [1.807, 2.05) is 13.8 Å². The van der Waals surface area contributed by atoms with Crippen molar-refractivity contribution in [3.63, 3.8) is 0 Å². The average molecular weight is 807 g/mol. The number of benzene rings is 2. The quantitative estimate of drug-likeness (QED) is 0.0899. The Morgan fingerprint density at radius 3 is 1.43 bits per heavy atom. The second-order valence-electron chi connectivity index (χ2n) is 15.8. The number of halogens is 2. The third-order valence-corrected chi connectivity index (χ3v) is 11.9. The van der Waals surface area contributed by atoms with Crippen LogP contribution in [0, 0.1) is 11.6 Å². The van der Waals surface area contributed by atoms with Crippen LogP contribution in [0.15, 0.2) is 36.4 Å². The maximum atomic E-state index is 14.8. The minimum atomic E-state index is -0.817. The maximum absolute atomic E-state index is 14.8. The summed E-state index contributed by atoms with van der Waals surface area (Å²) in [7, 11) is 3.31. The van der Waals surface area contributed by atoms with Gasteiger partial charge in [0.2, 0.25) is 23.6 Å². The van der Waals surface area contributed by atoms with Crippen LogP contribution in [-0.4, -0.2) is 129 Å². The number of hydrogen-bond acceptors (Lipinski definition) is 8. The third-order valence-electron chi connectivity index (χ3n) is 11.9. The molecule has 2 aliphatic rings. The molecule has 58 heavy (non-hydrogen) atoms. The van der Waals surface area contributed by atoms with E-state index in [1.54, 1.807) is 49.9 Å². The van der Waals surface area contributed by atoms with Gasteiger partial charge in [-0.2, -0.15) is 0 Å². The molecular formula is C42H56F2N8O6. The number of hydrogen-bond donors (Lipinski definition) is 8. The Labute approximate surface area is 336 Å². The van der Waals surface area contributed by atoms with Crippen molar-refractivity contribution in [1.29, 1.82) is 0 Å². The van der Waals surface area contributed by atoms with Crippen molar-refractivity contribution in [2.45, 2.75) is 115 Å². The fourth-order valence-corrected chi connectivity index (χ4v) is 8.42. The molecule has 2 saturated heterocycles. The summed E-state index contributed by atoms with van der Waals surface area (Å²) in [5, 5.41) is 34.7. The number of aromatic amines is 2. The van der Waals surface area contributed by atoms with E-state index in [9.17, 15) is 38.2 Å². The van der Waals surface area contributed by atoms with Crippen molar-refractivity contribution in [3.8, 4) is 11.4 Å². The number of carbonyl (C=O) groups excluding carboxylic acids is 4. The van der Waals surface area contributed by atoms with Crippen LogP contribution in [0.25, 0.3) is 33.2 Å². The lowest BCUT2D eigenvalue weighted by Gasteiger charge is -2.30. The fraction of sp³-hybridized carbons (Fsp3) is 0.524. The molecule has 0 radical (unpaired) electrons. The number of amides is 4. The van der Waals surface area contributed by atoms with E-state index in [2.05, 4.69) is 31.2 Å². The lowest BCUT2D eigenvalue weighted by Crippen LogP contribution is -2.53. The first-order valence-electron chi connectivity index (χ1n) is 20.2. The smallest absolute Gasteiger partial charge is 0.245 e. The number of nitrogens with zero attached hydrogens (tertiary/aromatic N) is 2. The molecular weight excluding hydrogens is 751 g/mol. The monoisotopic (exact) mass is 806 g/mol. The van der Waals surface area contributed by atoms with Crippen molar-refractivity contribution < 1.29 is 38.2 Å². The zero-order valence-electron chi connectivity index (χ0n) is 33.9. The highest BCUT2D eigenvalue weighted by Gasteiger charge is 2.41. The van der Waals surface area contributed by atoms with Gasteiger partial charge in [0.1, 0.15) is 23.7 Å². The predicted molar refractivity (Wildman–Crippen MR) is 217 cm³/mol. The van der Waals surface area contributed by atoms with E-state index >= 15 is 0 Å². The van der Waals surface area contributed by atoms with E-state index in [4.69, 9.17) is 0 Å². The van der Waals surface area contributed by atoms with E-state index in [-0.39, 0.29) is 62.4 Å². The number of likely N-dealkylation sites (N-methyl/N-ethyl adjacent to an activating group) is 2. The molecule has 0 spiro atoms. The lowest BCUT2D eigenvalue weighted by atomic mass is 9.94. The van der Waals surface area contributed by atoms with Crippen LogP contribution in [0.4, 0.5) is 8.78 Å². The van der Waals surface area contributed by atoms with Gasteiger partial charge in [0.15, 0.2) is 0 Å².